The molecule has 4 rings (SSSR count). The molecule has 2 aliphatic rings. The zero-order valence-electron chi connectivity index (χ0n) is 16.2. The first-order chi connectivity index (χ1) is 14.4. The number of carbonyl (C=O) groups is 3. The summed E-state index contributed by atoms with van der Waals surface area (Å²) in [5.41, 5.74) is 0.216. The van der Waals surface area contributed by atoms with Gasteiger partial charge in [0.15, 0.2) is 0 Å². The van der Waals surface area contributed by atoms with Gasteiger partial charge in [-0.2, -0.15) is 0 Å². The second-order valence-corrected chi connectivity index (χ2v) is 8.03. The van der Waals surface area contributed by atoms with E-state index >= 15 is 0 Å². The minimum Gasteiger partial charge on any atom is -0.395 e. The molecule has 0 heterocycles. The van der Waals surface area contributed by atoms with E-state index in [4.69, 9.17) is 9.47 Å². The summed E-state index contributed by atoms with van der Waals surface area (Å²) in [5, 5.41) is 20.0. The Morgan fingerprint density at radius 1 is 0.933 bits per heavy atom. The Balaban J connectivity index is 1.33. The summed E-state index contributed by atoms with van der Waals surface area (Å²) in [7, 11) is 0. The van der Waals surface area contributed by atoms with Crippen molar-refractivity contribution in [3.8, 4) is 11.5 Å². The average molecular weight is 410 g/mol. The van der Waals surface area contributed by atoms with Crippen LogP contribution in [0.4, 0.5) is 4.79 Å². The smallest absolute Gasteiger partial charge is 0.395 e. The van der Waals surface area contributed by atoms with E-state index in [2.05, 4.69) is 0 Å². The van der Waals surface area contributed by atoms with Gasteiger partial charge in [-0.15, -0.1) is 0 Å². The lowest BCUT2D eigenvalue weighted by atomic mass is 9.92. The third-order valence-electron chi connectivity index (χ3n) is 6.08. The van der Waals surface area contributed by atoms with E-state index in [1.807, 2.05) is 0 Å². The number of aliphatic hydroxyl groups is 2. The van der Waals surface area contributed by atoms with Gasteiger partial charge in [0, 0.05) is 24.2 Å². The lowest BCUT2D eigenvalue weighted by Crippen LogP contribution is -2.15. The second-order valence-electron chi connectivity index (χ2n) is 8.03. The molecule has 0 aliphatic heterocycles. The van der Waals surface area contributed by atoms with Crippen LogP contribution in [0.5, 0.6) is 11.5 Å². The largest absolute Gasteiger partial charge is 0.519 e. The number of hydrogen-bond donors (Lipinski definition) is 2. The average Bonchev–Trinajstić information content (AvgIpc) is 3.59. The first-order valence-electron chi connectivity index (χ1n) is 9.78. The van der Waals surface area contributed by atoms with Crippen LogP contribution in [-0.2, 0) is 15.0 Å². The zero-order chi connectivity index (χ0) is 21.4. The van der Waals surface area contributed by atoms with Crippen molar-refractivity contribution in [2.45, 2.75) is 48.7 Å². The van der Waals surface area contributed by atoms with Crippen LogP contribution in [0.15, 0.2) is 48.5 Å². The summed E-state index contributed by atoms with van der Waals surface area (Å²) in [6.45, 7) is 0. The molecule has 0 bridgehead atoms. The molecule has 2 N–H and O–H groups in total. The molecular weight excluding hydrogens is 388 g/mol. The van der Waals surface area contributed by atoms with Crippen LogP contribution in [0.2, 0.25) is 0 Å². The number of rotatable bonds is 8. The fourth-order valence-corrected chi connectivity index (χ4v) is 4.01. The second kappa shape index (κ2) is 7.66. The standard InChI is InChI=1S/C23H22O7/c24-11-9-22(14-20(22)26)16-3-7-18(8-4-16)30-21(27)29-17-5-1-15(2-6-17)19-13-23(19,28)10-12-25/h1-8,11-12,19-20,26,28H,9-10,13-14H2. The van der Waals surface area contributed by atoms with Crippen molar-refractivity contribution in [1.82, 2.24) is 0 Å². The van der Waals surface area contributed by atoms with E-state index in [0.29, 0.717) is 18.6 Å². The molecule has 2 aromatic rings. The number of carbonyl (C=O) groups excluding carboxylic acids is 3. The van der Waals surface area contributed by atoms with E-state index in [1.165, 1.54) is 0 Å². The van der Waals surface area contributed by atoms with E-state index in [9.17, 15) is 24.6 Å². The number of aliphatic hydroxyl groups excluding tert-OH is 1. The van der Waals surface area contributed by atoms with Crippen LogP contribution >= 0.6 is 0 Å². The predicted molar refractivity (Wildman–Crippen MR) is 106 cm³/mol. The number of ether oxygens (including phenoxy) is 2. The highest BCUT2D eigenvalue weighted by atomic mass is 16.7. The van der Waals surface area contributed by atoms with Crippen molar-refractivity contribution in [2.24, 2.45) is 0 Å². The maximum atomic E-state index is 12.0. The van der Waals surface area contributed by atoms with Gasteiger partial charge in [-0.25, -0.2) is 4.79 Å². The third kappa shape index (κ3) is 3.86. The lowest BCUT2D eigenvalue weighted by molar-refractivity contribution is -0.110. The Labute approximate surface area is 173 Å². The maximum absolute atomic E-state index is 12.0. The van der Waals surface area contributed by atoms with Crippen molar-refractivity contribution in [3.05, 3.63) is 59.7 Å². The van der Waals surface area contributed by atoms with Crippen molar-refractivity contribution >= 4 is 18.7 Å². The minimum absolute atomic E-state index is 0.0882. The summed E-state index contributed by atoms with van der Waals surface area (Å²) in [4.78, 5) is 33.5. The van der Waals surface area contributed by atoms with Gasteiger partial charge >= 0.3 is 6.16 Å². The summed E-state index contributed by atoms with van der Waals surface area (Å²) in [6, 6.07) is 13.4. The van der Waals surface area contributed by atoms with Gasteiger partial charge in [0.05, 0.1) is 11.7 Å². The van der Waals surface area contributed by atoms with Crippen molar-refractivity contribution in [1.29, 1.82) is 0 Å². The Hall–Kier alpha value is -3.03. The van der Waals surface area contributed by atoms with Crippen LogP contribution in [0.1, 0.15) is 42.7 Å². The van der Waals surface area contributed by atoms with Gasteiger partial charge in [0.2, 0.25) is 0 Å². The van der Waals surface area contributed by atoms with E-state index < -0.39 is 23.3 Å². The normalized spacial score (nSPS) is 29.0. The summed E-state index contributed by atoms with van der Waals surface area (Å²) < 4.78 is 10.3. The molecule has 2 saturated carbocycles. The van der Waals surface area contributed by atoms with E-state index in [1.54, 1.807) is 48.5 Å². The van der Waals surface area contributed by atoms with Crippen molar-refractivity contribution in [2.75, 3.05) is 0 Å². The minimum atomic E-state index is -0.962. The molecule has 4 unspecified atom stereocenters. The van der Waals surface area contributed by atoms with Gasteiger partial charge in [-0.3, -0.25) is 0 Å². The Morgan fingerprint density at radius 3 is 1.97 bits per heavy atom. The lowest BCUT2D eigenvalue weighted by Gasteiger charge is -2.13. The summed E-state index contributed by atoms with van der Waals surface area (Å²) in [5.74, 6) is 0.495. The summed E-state index contributed by atoms with van der Waals surface area (Å²) >= 11 is 0. The molecule has 0 spiro atoms. The number of aldehydes is 2. The number of hydrogen-bond acceptors (Lipinski definition) is 7. The SMILES string of the molecule is O=CCC1(O)CC1c1ccc(OC(=O)Oc2ccc(C3(CC=O)CC3O)cc2)cc1. The molecule has 7 nitrogen and oxygen atoms in total. The molecule has 0 amide bonds. The van der Waals surface area contributed by atoms with Gasteiger partial charge < -0.3 is 29.3 Å². The molecule has 0 radical (unpaired) electrons. The molecule has 0 saturated heterocycles. The highest BCUT2D eigenvalue weighted by Gasteiger charge is 2.54. The van der Waals surface area contributed by atoms with Gasteiger partial charge in [-0.05, 0) is 48.2 Å². The zero-order valence-corrected chi connectivity index (χ0v) is 16.2. The van der Waals surface area contributed by atoms with Crippen LogP contribution in [0.3, 0.4) is 0 Å². The monoisotopic (exact) mass is 410 g/mol. The predicted octanol–water partition coefficient (Wildman–Crippen LogP) is 2.66. The Bertz CT molecular complexity index is 953. The molecule has 2 aliphatic carbocycles. The van der Waals surface area contributed by atoms with Crippen LogP contribution < -0.4 is 9.47 Å². The highest BCUT2D eigenvalue weighted by Crippen LogP contribution is 2.53. The molecule has 2 aromatic carbocycles. The maximum Gasteiger partial charge on any atom is 0.519 e. The molecule has 7 heteroatoms. The molecule has 0 aromatic heterocycles. The fourth-order valence-electron chi connectivity index (χ4n) is 4.01. The van der Waals surface area contributed by atoms with Crippen LogP contribution in [0, 0.1) is 0 Å². The molecular formula is C23H22O7. The van der Waals surface area contributed by atoms with Crippen LogP contribution in [0.25, 0.3) is 0 Å². The van der Waals surface area contributed by atoms with Gasteiger partial charge in [0.25, 0.3) is 0 Å². The Morgan fingerprint density at radius 2 is 1.47 bits per heavy atom. The van der Waals surface area contributed by atoms with Crippen molar-refractivity contribution < 1.29 is 34.1 Å². The number of benzene rings is 2. The quantitative estimate of drug-likeness (QED) is 0.391. The molecule has 156 valence electrons. The molecule has 30 heavy (non-hydrogen) atoms. The van der Waals surface area contributed by atoms with Gasteiger partial charge in [-0.1, -0.05) is 24.3 Å². The van der Waals surface area contributed by atoms with E-state index in [-0.39, 0.29) is 24.5 Å². The van der Waals surface area contributed by atoms with E-state index in [0.717, 1.165) is 23.7 Å². The highest BCUT2D eigenvalue weighted by molar-refractivity contribution is 5.67. The van der Waals surface area contributed by atoms with Crippen LogP contribution in [-0.4, -0.2) is 40.6 Å². The first-order valence-corrected chi connectivity index (χ1v) is 9.78. The fraction of sp³-hybridized carbons (Fsp3) is 0.348. The summed E-state index contributed by atoms with van der Waals surface area (Å²) in [6.07, 6.45) is 1.52. The molecule has 4 atom stereocenters. The van der Waals surface area contributed by atoms with Gasteiger partial charge in [0.1, 0.15) is 24.1 Å². The Kier molecular flexibility index (Phi) is 5.17. The topological polar surface area (TPSA) is 110 Å². The third-order valence-corrected chi connectivity index (χ3v) is 6.08. The first kappa shape index (κ1) is 20.3. The van der Waals surface area contributed by atoms with Crippen molar-refractivity contribution in [3.63, 3.8) is 0 Å². The molecule has 2 fully saturated rings.